The van der Waals surface area contributed by atoms with Gasteiger partial charge >= 0.3 is 6.18 Å². The average molecular weight is 308 g/mol. The molecule has 0 saturated heterocycles. The van der Waals surface area contributed by atoms with Gasteiger partial charge in [0.2, 0.25) is 0 Å². The quantitative estimate of drug-likeness (QED) is 0.889. The zero-order chi connectivity index (χ0) is 15.7. The number of hydrogen-bond acceptors (Lipinski definition) is 3. The van der Waals surface area contributed by atoms with E-state index in [4.69, 9.17) is 0 Å². The number of fused-ring (bicyclic) bond motifs is 1. The van der Waals surface area contributed by atoms with Gasteiger partial charge in [0, 0.05) is 12.2 Å². The fourth-order valence-electron chi connectivity index (χ4n) is 2.59. The summed E-state index contributed by atoms with van der Waals surface area (Å²) in [5, 5.41) is 12.6. The van der Waals surface area contributed by atoms with Crippen LogP contribution < -0.4 is 10.2 Å². The Morgan fingerprint density at radius 2 is 1.77 bits per heavy atom. The zero-order valence-corrected chi connectivity index (χ0v) is 11.6. The molecular formula is C16H15F3N2O. The minimum Gasteiger partial charge on any atom is -0.394 e. The number of aliphatic hydroxyl groups is 1. The van der Waals surface area contributed by atoms with Crippen LogP contribution in [-0.4, -0.2) is 24.3 Å². The van der Waals surface area contributed by atoms with Gasteiger partial charge in [-0.15, -0.1) is 0 Å². The monoisotopic (exact) mass is 308 g/mol. The molecule has 0 bridgehead atoms. The maximum atomic E-state index is 12.7. The Bertz CT molecular complexity index is 655. The van der Waals surface area contributed by atoms with E-state index in [9.17, 15) is 18.3 Å². The Balaban J connectivity index is 1.97. The molecule has 6 heteroatoms. The molecule has 1 unspecified atom stereocenters. The third kappa shape index (κ3) is 2.74. The van der Waals surface area contributed by atoms with E-state index in [1.54, 1.807) is 0 Å². The topological polar surface area (TPSA) is 35.5 Å². The van der Waals surface area contributed by atoms with Crippen LogP contribution in [0.2, 0.25) is 0 Å². The number of anilines is 3. The molecule has 1 aliphatic heterocycles. The maximum absolute atomic E-state index is 12.7. The van der Waals surface area contributed by atoms with Crippen molar-refractivity contribution in [2.75, 3.05) is 23.4 Å². The lowest BCUT2D eigenvalue weighted by Crippen LogP contribution is -2.41. The molecule has 0 amide bonds. The highest BCUT2D eigenvalue weighted by Crippen LogP contribution is 2.37. The van der Waals surface area contributed by atoms with Gasteiger partial charge in [-0.3, -0.25) is 0 Å². The number of nitrogens with zero attached hydrogens (tertiary/aromatic N) is 1. The van der Waals surface area contributed by atoms with Gasteiger partial charge in [-0.05, 0) is 36.4 Å². The molecule has 116 valence electrons. The molecule has 1 aliphatic rings. The van der Waals surface area contributed by atoms with Crippen molar-refractivity contribution in [1.29, 1.82) is 0 Å². The summed E-state index contributed by atoms with van der Waals surface area (Å²) in [6.07, 6.45) is -4.34. The normalized spacial score (nSPS) is 17.8. The highest BCUT2D eigenvalue weighted by molar-refractivity contribution is 5.79. The first-order valence-electron chi connectivity index (χ1n) is 6.90. The van der Waals surface area contributed by atoms with Gasteiger partial charge in [-0.1, -0.05) is 12.1 Å². The molecule has 2 N–H and O–H groups in total. The summed E-state index contributed by atoms with van der Waals surface area (Å²) in [4.78, 5) is 1.91. The predicted molar refractivity (Wildman–Crippen MR) is 79.4 cm³/mol. The highest BCUT2D eigenvalue weighted by atomic mass is 19.4. The molecule has 0 radical (unpaired) electrons. The first-order chi connectivity index (χ1) is 10.5. The minimum atomic E-state index is -4.34. The zero-order valence-electron chi connectivity index (χ0n) is 11.6. The largest absolute Gasteiger partial charge is 0.416 e. The Labute approximate surface area is 126 Å². The summed E-state index contributed by atoms with van der Waals surface area (Å²) in [7, 11) is 0. The molecule has 3 rings (SSSR count). The fraction of sp³-hybridized carbons (Fsp3) is 0.250. The predicted octanol–water partition coefficient (Wildman–Crippen LogP) is 3.63. The molecule has 2 aromatic rings. The summed E-state index contributed by atoms with van der Waals surface area (Å²) in [6.45, 7) is 0.435. The smallest absolute Gasteiger partial charge is 0.394 e. The van der Waals surface area contributed by atoms with Crippen LogP contribution in [0.25, 0.3) is 0 Å². The third-order valence-corrected chi connectivity index (χ3v) is 3.68. The van der Waals surface area contributed by atoms with Gasteiger partial charge in [0.25, 0.3) is 0 Å². The van der Waals surface area contributed by atoms with E-state index in [1.807, 2.05) is 29.2 Å². The Morgan fingerprint density at radius 3 is 2.41 bits per heavy atom. The standard InChI is InChI=1S/C16H15F3N2O/c17-16(18,19)11-5-7-13(8-6-11)21-9-12(10-22)20-14-3-1-2-4-15(14)21/h1-8,12,20,22H,9-10H2. The lowest BCUT2D eigenvalue weighted by molar-refractivity contribution is -0.137. The number of rotatable bonds is 2. The number of nitrogens with one attached hydrogen (secondary N) is 1. The Morgan fingerprint density at radius 1 is 1.09 bits per heavy atom. The van der Waals surface area contributed by atoms with E-state index in [0.717, 1.165) is 23.5 Å². The summed E-state index contributed by atoms with van der Waals surface area (Å²) in [5.74, 6) is 0. The summed E-state index contributed by atoms with van der Waals surface area (Å²) in [6, 6.07) is 12.4. The molecule has 0 fully saturated rings. The number of benzene rings is 2. The van der Waals surface area contributed by atoms with E-state index in [2.05, 4.69) is 5.32 Å². The van der Waals surface area contributed by atoms with E-state index >= 15 is 0 Å². The van der Waals surface area contributed by atoms with Crippen molar-refractivity contribution >= 4 is 17.1 Å². The van der Waals surface area contributed by atoms with Crippen molar-refractivity contribution in [2.45, 2.75) is 12.2 Å². The van der Waals surface area contributed by atoms with Crippen LogP contribution in [0.1, 0.15) is 5.56 Å². The van der Waals surface area contributed by atoms with Crippen molar-refractivity contribution < 1.29 is 18.3 Å². The van der Waals surface area contributed by atoms with Crippen LogP contribution >= 0.6 is 0 Å². The number of alkyl halides is 3. The van der Waals surface area contributed by atoms with Crippen molar-refractivity contribution in [3.8, 4) is 0 Å². The molecule has 1 heterocycles. The lowest BCUT2D eigenvalue weighted by Gasteiger charge is -2.36. The molecular weight excluding hydrogens is 293 g/mol. The Kier molecular flexibility index (Phi) is 3.70. The van der Waals surface area contributed by atoms with Crippen LogP contribution in [0.15, 0.2) is 48.5 Å². The van der Waals surface area contributed by atoms with E-state index in [0.29, 0.717) is 12.2 Å². The summed E-state index contributed by atoms with van der Waals surface area (Å²) in [5.41, 5.74) is 1.73. The van der Waals surface area contributed by atoms with Crippen molar-refractivity contribution in [1.82, 2.24) is 0 Å². The van der Waals surface area contributed by atoms with Crippen molar-refractivity contribution in [3.05, 3.63) is 54.1 Å². The van der Waals surface area contributed by atoms with Gasteiger partial charge in [-0.2, -0.15) is 13.2 Å². The van der Waals surface area contributed by atoms with Crippen molar-refractivity contribution in [2.24, 2.45) is 0 Å². The van der Waals surface area contributed by atoms with Crippen LogP contribution in [0.3, 0.4) is 0 Å². The van der Waals surface area contributed by atoms with Crippen LogP contribution in [0.5, 0.6) is 0 Å². The van der Waals surface area contributed by atoms with E-state index in [-0.39, 0.29) is 12.6 Å². The average Bonchev–Trinajstić information content (AvgIpc) is 2.53. The van der Waals surface area contributed by atoms with Gasteiger partial charge < -0.3 is 15.3 Å². The van der Waals surface area contributed by atoms with Crippen molar-refractivity contribution in [3.63, 3.8) is 0 Å². The lowest BCUT2D eigenvalue weighted by atomic mass is 10.1. The minimum absolute atomic E-state index is 0.0501. The van der Waals surface area contributed by atoms with E-state index < -0.39 is 11.7 Å². The number of halogens is 3. The van der Waals surface area contributed by atoms with Crippen LogP contribution in [-0.2, 0) is 6.18 Å². The van der Waals surface area contributed by atoms with Gasteiger partial charge in [0.15, 0.2) is 0 Å². The molecule has 0 saturated carbocycles. The molecule has 0 spiro atoms. The summed E-state index contributed by atoms with van der Waals surface area (Å²) < 4.78 is 38.0. The second-order valence-corrected chi connectivity index (χ2v) is 5.20. The van der Waals surface area contributed by atoms with Crippen LogP contribution in [0.4, 0.5) is 30.2 Å². The molecule has 0 aliphatic carbocycles. The highest BCUT2D eigenvalue weighted by Gasteiger charge is 2.31. The number of para-hydroxylation sites is 2. The molecule has 22 heavy (non-hydrogen) atoms. The second kappa shape index (κ2) is 5.53. The molecule has 2 aromatic carbocycles. The second-order valence-electron chi connectivity index (χ2n) is 5.20. The van der Waals surface area contributed by atoms with E-state index in [1.165, 1.54) is 12.1 Å². The fourth-order valence-corrected chi connectivity index (χ4v) is 2.59. The number of hydrogen-bond donors (Lipinski definition) is 2. The third-order valence-electron chi connectivity index (χ3n) is 3.68. The number of aliphatic hydroxyl groups excluding tert-OH is 1. The Hall–Kier alpha value is -2.21. The maximum Gasteiger partial charge on any atom is 0.416 e. The first-order valence-corrected chi connectivity index (χ1v) is 6.90. The van der Waals surface area contributed by atoms with Gasteiger partial charge in [-0.25, -0.2) is 0 Å². The molecule has 0 aromatic heterocycles. The molecule has 3 nitrogen and oxygen atoms in total. The van der Waals surface area contributed by atoms with Crippen LogP contribution in [0, 0.1) is 0 Å². The molecule has 1 atom stereocenters. The summed E-state index contributed by atoms with van der Waals surface area (Å²) >= 11 is 0. The van der Waals surface area contributed by atoms with Gasteiger partial charge in [0.1, 0.15) is 0 Å². The van der Waals surface area contributed by atoms with Gasteiger partial charge in [0.05, 0.1) is 29.6 Å². The first kappa shape index (κ1) is 14.7. The SMILES string of the molecule is OCC1CN(c2ccc(C(F)(F)F)cc2)c2ccccc2N1.